The Morgan fingerprint density at radius 2 is 1.78 bits per heavy atom. The minimum atomic E-state index is -0.300. The van der Waals surface area contributed by atoms with Crippen molar-refractivity contribution in [3.63, 3.8) is 0 Å². The molecule has 210 valence electrons. The molecular formula is C29H28N6O4S2. The summed E-state index contributed by atoms with van der Waals surface area (Å²) >= 11 is 2.69. The lowest BCUT2D eigenvalue weighted by Gasteiger charge is -2.14. The maximum atomic E-state index is 13.0. The normalized spacial score (nSPS) is 10.9. The van der Waals surface area contributed by atoms with Crippen molar-refractivity contribution in [3.8, 4) is 17.2 Å². The molecular weight excluding hydrogens is 560 g/mol. The molecule has 0 aliphatic rings. The van der Waals surface area contributed by atoms with Crippen LogP contribution >= 0.6 is 23.1 Å². The van der Waals surface area contributed by atoms with Crippen molar-refractivity contribution in [1.82, 2.24) is 25.1 Å². The molecule has 2 amide bonds. The predicted molar refractivity (Wildman–Crippen MR) is 161 cm³/mol. The largest absolute Gasteiger partial charge is 0.493 e. The molecule has 2 aromatic heterocycles. The molecule has 0 saturated heterocycles. The van der Waals surface area contributed by atoms with Crippen LogP contribution in [0.4, 0.5) is 5.13 Å². The van der Waals surface area contributed by atoms with Crippen LogP contribution in [0.1, 0.15) is 27.3 Å². The number of rotatable bonds is 10. The SMILES string of the molecule is COc1ccc(C(=O)NCc2nnc(SCC(=O)Nc3nc4ccccc4s3)n2-c2cc(C)ccc2C)cc1OC. The molecule has 0 fully saturated rings. The van der Waals surface area contributed by atoms with E-state index >= 15 is 0 Å². The number of thioether (sulfide) groups is 1. The van der Waals surface area contributed by atoms with E-state index in [1.807, 2.05) is 60.9 Å². The fourth-order valence-electron chi connectivity index (χ4n) is 4.16. The first-order valence-corrected chi connectivity index (χ1v) is 14.5. The predicted octanol–water partition coefficient (Wildman–Crippen LogP) is 5.17. The summed E-state index contributed by atoms with van der Waals surface area (Å²) in [6.07, 6.45) is 0. The molecule has 0 bridgehead atoms. The number of hydrogen-bond acceptors (Lipinski definition) is 9. The summed E-state index contributed by atoms with van der Waals surface area (Å²) in [5.74, 6) is 1.13. The van der Waals surface area contributed by atoms with Crippen LogP contribution in [0.5, 0.6) is 11.5 Å². The average Bonchev–Trinajstić information content (AvgIpc) is 3.58. The van der Waals surface area contributed by atoms with Gasteiger partial charge in [-0.15, -0.1) is 10.2 Å². The summed E-state index contributed by atoms with van der Waals surface area (Å²) in [6.45, 7) is 4.12. The van der Waals surface area contributed by atoms with Gasteiger partial charge < -0.3 is 20.1 Å². The monoisotopic (exact) mass is 588 g/mol. The van der Waals surface area contributed by atoms with Crippen molar-refractivity contribution < 1.29 is 19.1 Å². The van der Waals surface area contributed by atoms with Gasteiger partial charge in [0, 0.05) is 5.56 Å². The third-order valence-electron chi connectivity index (χ3n) is 6.23. The number of methoxy groups -OCH3 is 2. The van der Waals surface area contributed by atoms with Gasteiger partial charge in [-0.25, -0.2) is 4.98 Å². The van der Waals surface area contributed by atoms with Crippen LogP contribution < -0.4 is 20.1 Å². The minimum absolute atomic E-state index is 0.108. The highest BCUT2D eigenvalue weighted by Crippen LogP contribution is 2.29. The van der Waals surface area contributed by atoms with Gasteiger partial charge in [0.15, 0.2) is 27.6 Å². The molecule has 12 heteroatoms. The van der Waals surface area contributed by atoms with Gasteiger partial charge in [-0.1, -0.05) is 47.4 Å². The molecule has 0 spiro atoms. The summed E-state index contributed by atoms with van der Waals surface area (Å²) in [7, 11) is 3.06. The molecule has 3 aromatic carbocycles. The standard InChI is InChI=1S/C29H28N6O4S2/c1-17-9-10-18(2)21(13-17)35-25(15-30-27(37)19-11-12-22(38-3)23(14-19)39-4)33-34-29(35)40-16-26(36)32-28-31-20-7-5-6-8-24(20)41-28/h5-14H,15-16H2,1-4H3,(H,30,37)(H,31,32,36). The maximum absolute atomic E-state index is 13.0. The maximum Gasteiger partial charge on any atom is 0.251 e. The molecule has 41 heavy (non-hydrogen) atoms. The lowest BCUT2D eigenvalue weighted by atomic mass is 10.1. The second-order valence-electron chi connectivity index (χ2n) is 9.10. The molecule has 0 radical (unpaired) electrons. The van der Waals surface area contributed by atoms with Crippen molar-refractivity contribution in [2.24, 2.45) is 0 Å². The second kappa shape index (κ2) is 12.4. The van der Waals surface area contributed by atoms with E-state index in [0.29, 0.717) is 33.2 Å². The van der Waals surface area contributed by atoms with Crippen LogP contribution in [0.25, 0.3) is 15.9 Å². The van der Waals surface area contributed by atoms with E-state index < -0.39 is 0 Å². The Kier molecular flexibility index (Phi) is 8.50. The van der Waals surface area contributed by atoms with Crippen LogP contribution in [-0.2, 0) is 11.3 Å². The lowest BCUT2D eigenvalue weighted by Crippen LogP contribution is -2.25. The van der Waals surface area contributed by atoms with Gasteiger partial charge in [0.25, 0.3) is 5.91 Å². The summed E-state index contributed by atoms with van der Waals surface area (Å²) < 4.78 is 13.5. The highest BCUT2D eigenvalue weighted by atomic mass is 32.2. The molecule has 0 aliphatic carbocycles. The summed E-state index contributed by atoms with van der Waals surface area (Å²) in [5, 5.41) is 15.6. The number of carbonyl (C=O) groups excluding carboxylic acids is 2. The number of amides is 2. The first kappa shape index (κ1) is 28.1. The van der Waals surface area contributed by atoms with Crippen molar-refractivity contribution in [1.29, 1.82) is 0 Å². The summed E-state index contributed by atoms with van der Waals surface area (Å²) in [5.41, 5.74) is 4.20. The molecule has 5 rings (SSSR count). The number of thiazole rings is 1. The number of nitrogens with zero attached hydrogens (tertiary/aromatic N) is 4. The molecule has 0 atom stereocenters. The quantitative estimate of drug-likeness (QED) is 0.214. The lowest BCUT2D eigenvalue weighted by molar-refractivity contribution is -0.113. The Labute approximate surface area is 245 Å². The van der Waals surface area contributed by atoms with E-state index in [1.54, 1.807) is 18.2 Å². The Morgan fingerprint density at radius 1 is 0.976 bits per heavy atom. The molecule has 0 unspecified atom stereocenters. The molecule has 0 saturated carbocycles. The zero-order valence-electron chi connectivity index (χ0n) is 22.9. The van der Waals surface area contributed by atoms with Gasteiger partial charge in [-0.2, -0.15) is 0 Å². The van der Waals surface area contributed by atoms with E-state index in [4.69, 9.17) is 9.47 Å². The van der Waals surface area contributed by atoms with Crippen LogP contribution in [0, 0.1) is 13.8 Å². The van der Waals surface area contributed by atoms with Crippen LogP contribution in [0.15, 0.2) is 65.8 Å². The van der Waals surface area contributed by atoms with Crippen LogP contribution in [0.3, 0.4) is 0 Å². The Morgan fingerprint density at radius 3 is 2.56 bits per heavy atom. The zero-order valence-corrected chi connectivity index (χ0v) is 24.6. The Bertz CT molecular complexity index is 1700. The number of aromatic nitrogens is 4. The minimum Gasteiger partial charge on any atom is -0.493 e. The zero-order chi connectivity index (χ0) is 28.9. The van der Waals surface area contributed by atoms with Gasteiger partial charge in [-0.05, 0) is 61.4 Å². The number of fused-ring (bicyclic) bond motifs is 1. The van der Waals surface area contributed by atoms with E-state index in [2.05, 4.69) is 25.8 Å². The topological polar surface area (TPSA) is 120 Å². The number of hydrogen-bond donors (Lipinski definition) is 2. The fourth-order valence-corrected chi connectivity index (χ4v) is 5.81. The van der Waals surface area contributed by atoms with Crippen LogP contribution in [0.2, 0.25) is 0 Å². The van der Waals surface area contributed by atoms with Gasteiger partial charge in [0.2, 0.25) is 5.91 Å². The van der Waals surface area contributed by atoms with Crippen molar-refractivity contribution in [2.75, 3.05) is 25.3 Å². The summed E-state index contributed by atoms with van der Waals surface area (Å²) in [6, 6.07) is 18.8. The third-order valence-corrected chi connectivity index (χ3v) is 8.11. The highest BCUT2D eigenvalue weighted by molar-refractivity contribution is 7.99. The van der Waals surface area contributed by atoms with E-state index in [-0.39, 0.29) is 24.1 Å². The number of para-hydroxylation sites is 1. The molecule has 0 aliphatic heterocycles. The van der Waals surface area contributed by atoms with Crippen molar-refractivity contribution in [2.45, 2.75) is 25.5 Å². The van der Waals surface area contributed by atoms with Gasteiger partial charge in [0.1, 0.15) is 0 Å². The number of aryl methyl sites for hydroxylation is 2. The van der Waals surface area contributed by atoms with E-state index in [1.165, 1.54) is 37.3 Å². The molecule has 2 N–H and O–H groups in total. The molecule has 5 aromatic rings. The average molecular weight is 589 g/mol. The first-order valence-electron chi connectivity index (χ1n) is 12.7. The molecule has 2 heterocycles. The van der Waals surface area contributed by atoms with E-state index in [9.17, 15) is 9.59 Å². The first-order chi connectivity index (χ1) is 19.9. The Balaban J connectivity index is 1.34. The number of nitrogens with one attached hydrogen (secondary N) is 2. The van der Waals surface area contributed by atoms with Crippen molar-refractivity contribution in [3.05, 3.63) is 83.2 Å². The van der Waals surface area contributed by atoms with Gasteiger partial charge in [0.05, 0.1) is 42.4 Å². The Hall–Kier alpha value is -4.42. The van der Waals surface area contributed by atoms with Gasteiger partial charge >= 0.3 is 0 Å². The second-order valence-corrected chi connectivity index (χ2v) is 11.1. The third kappa shape index (κ3) is 6.34. The number of benzene rings is 3. The van der Waals surface area contributed by atoms with Gasteiger partial charge in [-0.3, -0.25) is 14.2 Å². The van der Waals surface area contributed by atoms with Crippen LogP contribution in [-0.4, -0.2) is 51.5 Å². The number of carbonyl (C=O) groups is 2. The van der Waals surface area contributed by atoms with E-state index in [0.717, 1.165) is 27.0 Å². The smallest absolute Gasteiger partial charge is 0.251 e. The molecule has 10 nitrogen and oxygen atoms in total. The summed E-state index contributed by atoms with van der Waals surface area (Å²) in [4.78, 5) is 30.3. The fraction of sp³-hybridized carbons (Fsp3) is 0.207. The highest BCUT2D eigenvalue weighted by Gasteiger charge is 2.19. The number of ether oxygens (including phenoxy) is 2. The van der Waals surface area contributed by atoms with Crippen molar-refractivity contribution >= 4 is 50.3 Å². The number of anilines is 1.